The summed E-state index contributed by atoms with van der Waals surface area (Å²) in [5.74, 6) is 0. The normalized spacial score (nSPS) is 13.7. The van der Waals surface area contributed by atoms with Gasteiger partial charge in [0.25, 0.3) is 0 Å². The van der Waals surface area contributed by atoms with Crippen molar-refractivity contribution in [2.75, 3.05) is 46.6 Å². The van der Waals surface area contributed by atoms with Gasteiger partial charge in [0.1, 0.15) is 0 Å². The summed E-state index contributed by atoms with van der Waals surface area (Å²) in [6.07, 6.45) is -0.522. The highest BCUT2D eigenvalue weighted by molar-refractivity contribution is 4.67. The fourth-order valence-corrected chi connectivity index (χ4v) is 1.37. The highest BCUT2D eigenvalue weighted by Gasteiger charge is 2.14. The van der Waals surface area contributed by atoms with E-state index >= 15 is 0 Å². The molecule has 0 rings (SSSR count). The molecule has 0 aliphatic carbocycles. The second kappa shape index (κ2) is 9.99. The molecule has 0 aromatic carbocycles. The smallest absolute Gasteiger partial charge is 0.0900 e. The van der Waals surface area contributed by atoms with Crippen LogP contribution in [0.1, 0.15) is 13.8 Å². The number of methoxy groups -OCH3 is 1. The van der Waals surface area contributed by atoms with Gasteiger partial charge in [-0.25, -0.2) is 0 Å². The van der Waals surface area contributed by atoms with E-state index in [-0.39, 0.29) is 6.61 Å². The van der Waals surface area contributed by atoms with Gasteiger partial charge < -0.3 is 19.7 Å². The lowest BCUT2D eigenvalue weighted by molar-refractivity contribution is -0.00650. The molecule has 0 saturated carbocycles. The van der Waals surface area contributed by atoms with Gasteiger partial charge in [0.2, 0.25) is 0 Å². The quantitative estimate of drug-likeness (QED) is 0.510. The third-order valence-corrected chi connectivity index (χ3v) is 2.30. The number of hydrogen-bond acceptors (Lipinski definition) is 5. The Kier molecular flexibility index (Phi) is 9.86. The van der Waals surface area contributed by atoms with Crippen molar-refractivity contribution in [2.24, 2.45) is 0 Å². The van der Waals surface area contributed by atoms with E-state index in [0.717, 1.165) is 0 Å². The summed E-state index contributed by atoms with van der Waals surface area (Å²) in [5.41, 5.74) is 0. The van der Waals surface area contributed by atoms with E-state index in [1.165, 1.54) is 0 Å². The molecule has 5 heteroatoms. The summed E-state index contributed by atoms with van der Waals surface area (Å²) < 4.78 is 10.1. The van der Waals surface area contributed by atoms with E-state index < -0.39 is 6.10 Å². The van der Waals surface area contributed by atoms with Crippen LogP contribution in [-0.2, 0) is 9.47 Å². The van der Waals surface area contributed by atoms with Crippen molar-refractivity contribution in [3.63, 3.8) is 0 Å². The van der Waals surface area contributed by atoms with Crippen molar-refractivity contribution >= 4 is 0 Å². The van der Waals surface area contributed by atoms with Crippen molar-refractivity contribution < 1.29 is 19.7 Å². The first kappa shape index (κ1) is 15.8. The Morgan fingerprint density at radius 3 is 2.44 bits per heavy atom. The lowest BCUT2D eigenvalue weighted by Crippen LogP contribution is -2.41. The summed E-state index contributed by atoms with van der Waals surface area (Å²) in [7, 11) is 1.61. The molecule has 0 amide bonds. The van der Waals surface area contributed by atoms with E-state index in [9.17, 15) is 5.11 Å². The molecule has 0 aromatic heterocycles. The monoisotopic (exact) mass is 235 g/mol. The van der Waals surface area contributed by atoms with Crippen molar-refractivity contribution in [1.82, 2.24) is 4.90 Å². The fraction of sp³-hybridized carbons (Fsp3) is 1.00. The van der Waals surface area contributed by atoms with Gasteiger partial charge in [0.05, 0.1) is 32.5 Å². The molecule has 0 heterocycles. The minimum Gasteiger partial charge on any atom is -0.395 e. The van der Waals surface area contributed by atoms with Gasteiger partial charge in [-0.2, -0.15) is 0 Å². The summed E-state index contributed by atoms with van der Waals surface area (Å²) in [4.78, 5) is 2.02. The van der Waals surface area contributed by atoms with E-state index in [4.69, 9.17) is 14.6 Å². The minimum atomic E-state index is -0.522. The Bertz CT molecular complexity index is 155. The van der Waals surface area contributed by atoms with E-state index in [2.05, 4.69) is 0 Å². The van der Waals surface area contributed by atoms with Crippen LogP contribution >= 0.6 is 0 Å². The molecular formula is C11H25NO4. The number of aliphatic hydroxyl groups excluding tert-OH is 2. The Balaban J connectivity index is 3.68. The van der Waals surface area contributed by atoms with Crippen LogP contribution in [0, 0.1) is 0 Å². The van der Waals surface area contributed by atoms with Gasteiger partial charge in [-0.15, -0.1) is 0 Å². The molecule has 16 heavy (non-hydrogen) atoms. The molecular weight excluding hydrogens is 210 g/mol. The molecule has 98 valence electrons. The molecule has 0 aliphatic rings. The molecule has 2 N–H and O–H groups in total. The number of hydrogen-bond donors (Lipinski definition) is 2. The largest absolute Gasteiger partial charge is 0.395 e. The average Bonchev–Trinajstić information content (AvgIpc) is 2.23. The summed E-state index contributed by atoms with van der Waals surface area (Å²) >= 11 is 0. The molecule has 0 aliphatic heterocycles. The van der Waals surface area contributed by atoms with Crippen LogP contribution in [0.4, 0.5) is 0 Å². The summed E-state index contributed by atoms with van der Waals surface area (Å²) in [6.45, 7) is 6.61. The van der Waals surface area contributed by atoms with Crippen molar-refractivity contribution in [3.05, 3.63) is 0 Å². The molecule has 0 aromatic rings. The van der Waals surface area contributed by atoms with E-state index in [1.54, 1.807) is 7.11 Å². The number of aliphatic hydroxyl groups is 2. The molecule has 1 unspecified atom stereocenters. The van der Waals surface area contributed by atoms with Crippen LogP contribution in [-0.4, -0.2) is 73.9 Å². The minimum absolute atomic E-state index is 0.107. The SMILES string of the molecule is COCCOCC(O)CN(CCO)C(C)C. The molecule has 0 spiro atoms. The van der Waals surface area contributed by atoms with Crippen molar-refractivity contribution in [3.8, 4) is 0 Å². The molecule has 0 fully saturated rings. The zero-order chi connectivity index (χ0) is 12.4. The molecule has 0 bridgehead atoms. The van der Waals surface area contributed by atoms with Crippen LogP contribution in [0.15, 0.2) is 0 Å². The zero-order valence-electron chi connectivity index (χ0n) is 10.6. The molecule has 0 radical (unpaired) electrons. The fourth-order valence-electron chi connectivity index (χ4n) is 1.37. The first-order valence-corrected chi connectivity index (χ1v) is 5.71. The standard InChI is InChI=1S/C11H25NO4/c1-10(2)12(4-5-13)8-11(14)9-16-7-6-15-3/h10-11,13-14H,4-9H2,1-3H3. The van der Waals surface area contributed by atoms with E-state index in [0.29, 0.717) is 39.0 Å². The third-order valence-electron chi connectivity index (χ3n) is 2.30. The first-order valence-electron chi connectivity index (χ1n) is 5.71. The van der Waals surface area contributed by atoms with Crippen molar-refractivity contribution in [1.29, 1.82) is 0 Å². The van der Waals surface area contributed by atoms with Crippen LogP contribution in [0.2, 0.25) is 0 Å². The molecule has 0 saturated heterocycles. The highest BCUT2D eigenvalue weighted by atomic mass is 16.5. The predicted octanol–water partition coefficient (Wildman–Crippen LogP) is -0.287. The van der Waals surface area contributed by atoms with Gasteiger partial charge in [0, 0.05) is 26.2 Å². The maximum absolute atomic E-state index is 9.71. The number of nitrogens with zero attached hydrogens (tertiary/aromatic N) is 1. The second-order valence-electron chi connectivity index (χ2n) is 4.03. The van der Waals surface area contributed by atoms with Gasteiger partial charge in [0.15, 0.2) is 0 Å². The van der Waals surface area contributed by atoms with Crippen LogP contribution < -0.4 is 0 Å². The van der Waals surface area contributed by atoms with E-state index in [1.807, 2.05) is 18.7 Å². The van der Waals surface area contributed by atoms with Gasteiger partial charge in [-0.1, -0.05) is 0 Å². The Hall–Kier alpha value is -0.200. The Morgan fingerprint density at radius 2 is 1.94 bits per heavy atom. The molecule has 5 nitrogen and oxygen atoms in total. The predicted molar refractivity (Wildman–Crippen MR) is 62.5 cm³/mol. The van der Waals surface area contributed by atoms with Crippen LogP contribution in [0.25, 0.3) is 0 Å². The van der Waals surface area contributed by atoms with Gasteiger partial charge in [-0.05, 0) is 13.8 Å². The third kappa shape index (κ3) is 8.01. The zero-order valence-corrected chi connectivity index (χ0v) is 10.6. The number of ether oxygens (including phenoxy) is 2. The maximum Gasteiger partial charge on any atom is 0.0900 e. The van der Waals surface area contributed by atoms with Gasteiger partial charge >= 0.3 is 0 Å². The maximum atomic E-state index is 9.71. The molecule has 1 atom stereocenters. The Morgan fingerprint density at radius 1 is 1.25 bits per heavy atom. The van der Waals surface area contributed by atoms with Crippen molar-refractivity contribution in [2.45, 2.75) is 26.0 Å². The lowest BCUT2D eigenvalue weighted by Gasteiger charge is -2.27. The summed E-state index contributed by atoms with van der Waals surface area (Å²) in [6, 6.07) is 0.306. The topological polar surface area (TPSA) is 62.2 Å². The summed E-state index contributed by atoms with van der Waals surface area (Å²) in [5, 5.41) is 18.6. The van der Waals surface area contributed by atoms with Gasteiger partial charge in [-0.3, -0.25) is 4.90 Å². The number of rotatable bonds is 10. The lowest BCUT2D eigenvalue weighted by atomic mass is 10.2. The van der Waals surface area contributed by atoms with Crippen LogP contribution in [0.5, 0.6) is 0 Å². The van der Waals surface area contributed by atoms with Crippen LogP contribution in [0.3, 0.4) is 0 Å². The Labute approximate surface area is 98.0 Å². The second-order valence-corrected chi connectivity index (χ2v) is 4.03. The highest BCUT2D eigenvalue weighted by Crippen LogP contribution is 2.00. The first-order chi connectivity index (χ1) is 7.61. The average molecular weight is 235 g/mol.